The van der Waals surface area contributed by atoms with Gasteiger partial charge in [-0.25, -0.2) is 0 Å². The molecule has 0 aliphatic carbocycles. The lowest BCUT2D eigenvalue weighted by molar-refractivity contribution is 0.295. The van der Waals surface area contributed by atoms with Crippen LogP contribution in [0.5, 0.6) is 34.5 Å². The minimum Gasteiger partial charge on any atom is -0.493 e. The van der Waals surface area contributed by atoms with Crippen molar-refractivity contribution in [2.45, 2.75) is 65.7 Å². The number of rotatable bonds is 13. The fourth-order valence-electron chi connectivity index (χ4n) is 4.90. The Balaban J connectivity index is 2.81. The Morgan fingerprint density at radius 1 is 0.556 bits per heavy atom. The number of benzene rings is 2. The summed E-state index contributed by atoms with van der Waals surface area (Å²) in [7, 11) is 9.92. The van der Waals surface area contributed by atoms with E-state index in [0.29, 0.717) is 40.4 Å². The predicted octanol–water partition coefficient (Wildman–Crippen LogP) is 7.48. The van der Waals surface area contributed by atoms with Crippen molar-refractivity contribution < 1.29 is 28.4 Å². The Morgan fingerprint density at radius 2 is 0.917 bits per heavy atom. The minimum absolute atomic E-state index is 0.0851. The van der Waals surface area contributed by atoms with Crippen LogP contribution in [0, 0.1) is 11.3 Å². The summed E-state index contributed by atoms with van der Waals surface area (Å²) >= 11 is 0. The highest BCUT2D eigenvalue weighted by molar-refractivity contribution is 5.57. The van der Waals surface area contributed by atoms with Crippen LogP contribution < -0.4 is 28.4 Å². The molecule has 0 aliphatic heterocycles. The van der Waals surface area contributed by atoms with E-state index >= 15 is 0 Å². The van der Waals surface area contributed by atoms with Crippen molar-refractivity contribution >= 4 is 0 Å². The highest BCUT2D eigenvalue weighted by atomic mass is 16.5. The molecule has 6 nitrogen and oxygen atoms in total. The van der Waals surface area contributed by atoms with E-state index < -0.39 is 0 Å². The van der Waals surface area contributed by atoms with E-state index in [9.17, 15) is 0 Å². The van der Waals surface area contributed by atoms with E-state index in [2.05, 4.69) is 58.9 Å². The van der Waals surface area contributed by atoms with Gasteiger partial charge in [-0.3, -0.25) is 0 Å². The summed E-state index contributed by atoms with van der Waals surface area (Å²) in [5, 5.41) is 0. The second kappa shape index (κ2) is 13.0. The van der Waals surface area contributed by atoms with Gasteiger partial charge >= 0.3 is 0 Å². The first-order valence-electron chi connectivity index (χ1n) is 12.6. The van der Waals surface area contributed by atoms with Crippen molar-refractivity contribution in [3.8, 4) is 34.5 Å². The van der Waals surface area contributed by atoms with Crippen LogP contribution in [0.1, 0.15) is 76.8 Å². The molecule has 0 radical (unpaired) electrons. The summed E-state index contributed by atoms with van der Waals surface area (Å²) in [6.45, 7) is 11.4. The Bertz CT molecular complexity index is 926. The summed E-state index contributed by atoms with van der Waals surface area (Å²) in [6.07, 6.45) is 3.06. The van der Waals surface area contributed by atoms with Crippen molar-refractivity contribution in [3.63, 3.8) is 0 Å². The average molecular weight is 503 g/mol. The summed E-state index contributed by atoms with van der Waals surface area (Å²) in [5.41, 5.74) is 2.40. The third-order valence-corrected chi connectivity index (χ3v) is 6.60. The van der Waals surface area contributed by atoms with Gasteiger partial charge in [-0.1, -0.05) is 41.0 Å². The highest BCUT2D eigenvalue weighted by Gasteiger charge is 2.32. The quantitative estimate of drug-likeness (QED) is 0.283. The van der Waals surface area contributed by atoms with Crippen molar-refractivity contribution in [2.75, 3.05) is 42.7 Å². The second-order valence-corrected chi connectivity index (χ2v) is 10.9. The Kier molecular flexibility index (Phi) is 10.6. The number of hydrogen-bond acceptors (Lipinski definition) is 6. The van der Waals surface area contributed by atoms with Gasteiger partial charge in [0.1, 0.15) is 0 Å². The van der Waals surface area contributed by atoms with Crippen molar-refractivity contribution in [2.24, 2.45) is 11.3 Å². The monoisotopic (exact) mass is 502 g/mol. The molecule has 2 aromatic rings. The Morgan fingerprint density at radius 3 is 1.19 bits per heavy atom. The largest absolute Gasteiger partial charge is 0.493 e. The molecule has 2 atom stereocenters. The third-order valence-electron chi connectivity index (χ3n) is 6.60. The molecular weight excluding hydrogens is 456 g/mol. The molecule has 2 aromatic carbocycles. The van der Waals surface area contributed by atoms with Gasteiger partial charge in [0.25, 0.3) is 0 Å². The number of ether oxygens (including phenoxy) is 6. The van der Waals surface area contributed by atoms with Crippen LogP contribution in [0.25, 0.3) is 0 Å². The van der Waals surface area contributed by atoms with Crippen LogP contribution in [0.2, 0.25) is 0 Å². The van der Waals surface area contributed by atoms with Crippen molar-refractivity contribution in [3.05, 3.63) is 35.4 Å². The van der Waals surface area contributed by atoms with E-state index in [-0.39, 0.29) is 17.3 Å². The van der Waals surface area contributed by atoms with Gasteiger partial charge in [0.05, 0.1) is 42.7 Å². The van der Waals surface area contributed by atoms with Crippen molar-refractivity contribution in [1.82, 2.24) is 0 Å². The molecule has 0 spiro atoms. The molecule has 0 bridgehead atoms. The van der Waals surface area contributed by atoms with E-state index in [1.54, 1.807) is 42.7 Å². The molecule has 0 saturated heterocycles. The van der Waals surface area contributed by atoms with Crippen LogP contribution in [0.4, 0.5) is 0 Å². The second-order valence-electron chi connectivity index (χ2n) is 10.9. The number of hydrogen-bond donors (Lipinski definition) is 0. The van der Waals surface area contributed by atoms with Crippen molar-refractivity contribution in [1.29, 1.82) is 0 Å². The summed E-state index contributed by atoms with van der Waals surface area (Å²) in [4.78, 5) is 0. The molecule has 0 aliphatic rings. The zero-order valence-electron chi connectivity index (χ0n) is 24.1. The molecule has 0 amide bonds. The maximum absolute atomic E-state index is 5.73. The first-order valence-corrected chi connectivity index (χ1v) is 12.6. The van der Waals surface area contributed by atoms with E-state index in [4.69, 9.17) is 28.4 Å². The minimum atomic E-state index is 0.0851. The van der Waals surface area contributed by atoms with Crippen LogP contribution in [-0.4, -0.2) is 42.7 Å². The first-order chi connectivity index (χ1) is 17.0. The lowest BCUT2D eigenvalue weighted by Crippen LogP contribution is -2.20. The molecule has 0 heterocycles. The van der Waals surface area contributed by atoms with Gasteiger partial charge < -0.3 is 28.4 Å². The molecule has 0 N–H and O–H groups in total. The topological polar surface area (TPSA) is 55.4 Å². The van der Waals surface area contributed by atoms with Gasteiger partial charge in [-0.05, 0) is 71.4 Å². The lowest BCUT2D eigenvalue weighted by atomic mass is 9.70. The SMILES string of the molecule is COc1cc([C@H](CCC(C)C)[C@@H](CC(C)(C)C)c2cc(OC)c(OC)c(OC)c2)cc(OC)c1OC. The van der Waals surface area contributed by atoms with Gasteiger partial charge in [0.2, 0.25) is 11.5 Å². The molecule has 2 rings (SSSR count). The Hall–Kier alpha value is -2.76. The van der Waals surface area contributed by atoms with Crippen LogP contribution >= 0.6 is 0 Å². The molecular formula is C30H46O6. The maximum Gasteiger partial charge on any atom is 0.203 e. The summed E-state index contributed by atoms with van der Waals surface area (Å²) < 4.78 is 34.1. The fourth-order valence-corrected chi connectivity index (χ4v) is 4.90. The average Bonchev–Trinajstić information content (AvgIpc) is 2.85. The number of methoxy groups -OCH3 is 6. The van der Waals surface area contributed by atoms with E-state index in [0.717, 1.165) is 30.4 Å². The molecule has 36 heavy (non-hydrogen) atoms. The first kappa shape index (κ1) is 29.5. The predicted molar refractivity (Wildman–Crippen MR) is 146 cm³/mol. The maximum atomic E-state index is 5.73. The molecule has 0 unspecified atom stereocenters. The lowest BCUT2D eigenvalue weighted by Gasteiger charge is -2.34. The smallest absolute Gasteiger partial charge is 0.203 e. The van der Waals surface area contributed by atoms with Crippen LogP contribution in [-0.2, 0) is 0 Å². The van der Waals surface area contributed by atoms with E-state index in [1.165, 1.54) is 0 Å². The standard InChI is InChI=1S/C30H46O6/c1-19(2)12-13-22(20-14-24(31-6)28(35-10)25(15-20)32-7)23(18-30(3,4)5)21-16-26(33-8)29(36-11)27(17-21)34-9/h14-17,19,22-23H,12-13,18H2,1-11H3/t22-,23-/m0/s1. The zero-order valence-corrected chi connectivity index (χ0v) is 24.1. The van der Waals surface area contributed by atoms with E-state index in [1.807, 2.05) is 0 Å². The normalized spacial score (nSPS) is 13.2. The molecule has 0 fully saturated rings. The van der Waals surface area contributed by atoms with Gasteiger partial charge in [0, 0.05) is 0 Å². The molecule has 0 saturated carbocycles. The highest BCUT2D eigenvalue weighted by Crippen LogP contribution is 2.50. The molecule has 202 valence electrons. The van der Waals surface area contributed by atoms with Gasteiger partial charge in [-0.2, -0.15) is 0 Å². The van der Waals surface area contributed by atoms with Crippen LogP contribution in [0.15, 0.2) is 24.3 Å². The summed E-state index contributed by atoms with van der Waals surface area (Å²) in [6, 6.07) is 8.39. The molecule has 0 aromatic heterocycles. The summed E-state index contributed by atoms with van der Waals surface area (Å²) in [5.74, 6) is 4.82. The Labute approximate surface area is 218 Å². The fraction of sp³-hybridized carbons (Fsp3) is 0.600. The molecule has 6 heteroatoms. The van der Waals surface area contributed by atoms with Crippen LogP contribution in [0.3, 0.4) is 0 Å². The zero-order chi connectivity index (χ0) is 27.0. The van der Waals surface area contributed by atoms with Gasteiger partial charge in [0.15, 0.2) is 23.0 Å². The van der Waals surface area contributed by atoms with Gasteiger partial charge in [-0.15, -0.1) is 0 Å². The third kappa shape index (κ3) is 7.14.